The van der Waals surface area contributed by atoms with Gasteiger partial charge in [0.2, 0.25) is 11.6 Å². The molecule has 0 atom stereocenters. The summed E-state index contributed by atoms with van der Waals surface area (Å²) in [5, 5.41) is 11.1. The minimum Gasteiger partial charge on any atom is -0.490 e. The van der Waals surface area contributed by atoms with E-state index in [1.165, 1.54) is 7.11 Å². The van der Waals surface area contributed by atoms with Gasteiger partial charge in [-0.2, -0.15) is 4.39 Å². The van der Waals surface area contributed by atoms with E-state index in [1.54, 1.807) is 6.07 Å². The van der Waals surface area contributed by atoms with Crippen molar-refractivity contribution < 1.29 is 14.1 Å². The maximum absolute atomic E-state index is 14.5. The van der Waals surface area contributed by atoms with Crippen LogP contribution in [0.5, 0.6) is 5.75 Å². The maximum Gasteiger partial charge on any atom is 0.347 e. The quantitative estimate of drug-likeness (QED) is 0.540. The van der Waals surface area contributed by atoms with E-state index >= 15 is 0 Å². The van der Waals surface area contributed by atoms with Gasteiger partial charge in [0.25, 0.3) is 0 Å². The molecule has 0 aliphatic carbocycles. The van der Waals surface area contributed by atoms with E-state index in [4.69, 9.17) is 4.74 Å². The number of ether oxygens (including phenoxy) is 1. The van der Waals surface area contributed by atoms with Gasteiger partial charge in [0.15, 0.2) is 0 Å². The van der Waals surface area contributed by atoms with Crippen LogP contribution in [0.3, 0.4) is 0 Å². The zero-order chi connectivity index (χ0) is 18.8. The van der Waals surface area contributed by atoms with Gasteiger partial charge in [-0.05, 0) is 35.8 Å². The number of nitro groups is 1. The molecule has 9 heteroatoms. The number of rotatable bonds is 4. The molecule has 1 aromatic rings. The molecule has 144 valence electrons. The summed E-state index contributed by atoms with van der Waals surface area (Å²) in [6.45, 7) is 5.94. The van der Waals surface area contributed by atoms with Crippen LogP contribution in [0.25, 0.3) is 0 Å². The summed E-state index contributed by atoms with van der Waals surface area (Å²) in [7, 11) is 3.47. The largest absolute Gasteiger partial charge is 0.490 e. The Balaban J connectivity index is 1.73. The fraction of sp³-hybridized carbons (Fsp3) is 0.647. The SMILES string of the molecule is COc1cc(N2CCC(N3CCN(C)CC3)CC2)c(Br)c(F)c1[N+](=O)[O-]. The maximum atomic E-state index is 14.5. The standard InChI is InChI=1S/C17H24BrFN4O3/c1-20-7-9-21(10-8-20)12-3-5-22(6-4-12)13-11-14(26-2)17(23(24)25)16(19)15(13)18/h11-12H,3-10H2,1-2H3. The molecule has 7 nitrogen and oxygen atoms in total. The van der Waals surface area contributed by atoms with Gasteiger partial charge in [-0.15, -0.1) is 0 Å². The number of piperidine rings is 1. The molecule has 1 aromatic carbocycles. The van der Waals surface area contributed by atoms with E-state index in [1.807, 2.05) is 0 Å². The lowest BCUT2D eigenvalue weighted by molar-refractivity contribution is -0.388. The molecule has 0 unspecified atom stereocenters. The number of likely N-dealkylation sites (N-methyl/N-ethyl adjacent to an activating group) is 1. The van der Waals surface area contributed by atoms with Crippen LogP contribution in [0.15, 0.2) is 10.5 Å². The summed E-state index contributed by atoms with van der Waals surface area (Å²) in [6.07, 6.45) is 1.99. The molecule has 2 saturated heterocycles. The lowest BCUT2D eigenvalue weighted by Gasteiger charge is -2.42. The van der Waals surface area contributed by atoms with Crippen LogP contribution in [0.4, 0.5) is 15.8 Å². The highest BCUT2D eigenvalue weighted by atomic mass is 79.9. The number of methoxy groups -OCH3 is 1. The first-order valence-corrected chi connectivity index (χ1v) is 9.59. The van der Waals surface area contributed by atoms with Gasteiger partial charge < -0.3 is 14.5 Å². The van der Waals surface area contributed by atoms with Crippen LogP contribution in [-0.4, -0.2) is 74.2 Å². The molecular weight excluding hydrogens is 407 g/mol. The second-order valence-electron chi connectivity index (χ2n) is 6.89. The topological polar surface area (TPSA) is 62.1 Å². The van der Waals surface area contributed by atoms with Gasteiger partial charge in [-0.1, -0.05) is 0 Å². The monoisotopic (exact) mass is 430 g/mol. The zero-order valence-corrected chi connectivity index (χ0v) is 16.7. The van der Waals surface area contributed by atoms with Crippen molar-refractivity contribution in [3.05, 3.63) is 26.5 Å². The molecule has 0 N–H and O–H groups in total. The minimum atomic E-state index is -0.884. The molecule has 0 bridgehead atoms. The average molecular weight is 431 g/mol. The second kappa shape index (κ2) is 8.06. The number of anilines is 1. The minimum absolute atomic E-state index is 0.0492. The third-order valence-corrected chi connectivity index (χ3v) is 6.14. The Labute approximate surface area is 161 Å². The number of halogens is 2. The summed E-state index contributed by atoms with van der Waals surface area (Å²) in [5.74, 6) is -0.933. The van der Waals surface area contributed by atoms with Crippen molar-refractivity contribution >= 4 is 27.3 Å². The van der Waals surface area contributed by atoms with Crippen molar-refractivity contribution in [1.29, 1.82) is 0 Å². The Bertz CT molecular complexity index is 674. The predicted octanol–water partition coefficient (Wildman–Crippen LogP) is 2.72. The molecule has 0 spiro atoms. The third-order valence-electron chi connectivity index (χ3n) is 5.39. The Morgan fingerprint density at radius 2 is 1.85 bits per heavy atom. The van der Waals surface area contributed by atoms with Crippen LogP contribution in [0.2, 0.25) is 0 Å². The fourth-order valence-corrected chi connectivity index (χ4v) is 4.35. The highest BCUT2D eigenvalue weighted by Crippen LogP contribution is 2.42. The first kappa shape index (κ1) is 19.3. The van der Waals surface area contributed by atoms with Crippen LogP contribution in [-0.2, 0) is 0 Å². The van der Waals surface area contributed by atoms with E-state index in [2.05, 4.69) is 37.7 Å². The van der Waals surface area contributed by atoms with Gasteiger partial charge in [0.1, 0.15) is 0 Å². The van der Waals surface area contributed by atoms with E-state index < -0.39 is 16.4 Å². The van der Waals surface area contributed by atoms with Crippen LogP contribution >= 0.6 is 15.9 Å². The summed E-state index contributed by atoms with van der Waals surface area (Å²) in [6, 6.07) is 2.10. The molecule has 0 saturated carbocycles. The molecule has 2 aliphatic heterocycles. The Morgan fingerprint density at radius 3 is 2.38 bits per heavy atom. The molecule has 2 heterocycles. The van der Waals surface area contributed by atoms with Gasteiger partial charge in [0, 0.05) is 51.4 Å². The summed E-state index contributed by atoms with van der Waals surface area (Å²) in [5.41, 5.74) is -0.0165. The van der Waals surface area contributed by atoms with E-state index in [0.29, 0.717) is 11.7 Å². The molecule has 0 radical (unpaired) electrons. The van der Waals surface area contributed by atoms with Crippen molar-refractivity contribution in [2.24, 2.45) is 0 Å². The van der Waals surface area contributed by atoms with Crippen LogP contribution in [0, 0.1) is 15.9 Å². The summed E-state index contributed by atoms with van der Waals surface area (Å²) in [4.78, 5) is 17.3. The first-order valence-electron chi connectivity index (χ1n) is 8.80. The zero-order valence-electron chi connectivity index (χ0n) is 15.1. The number of hydrogen-bond acceptors (Lipinski definition) is 6. The van der Waals surface area contributed by atoms with Crippen LogP contribution in [0.1, 0.15) is 12.8 Å². The third kappa shape index (κ3) is 3.79. The Hall–Kier alpha value is -1.45. The van der Waals surface area contributed by atoms with E-state index in [9.17, 15) is 14.5 Å². The molecular formula is C17H24BrFN4O3. The van der Waals surface area contributed by atoms with Crippen molar-refractivity contribution in [2.45, 2.75) is 18.9 Å². The fourth-order valence-electron chi connectivity index (χ4n) is 3.80. The number of piperazine rings is 1. The number of nitrogens with zero attached hydrogens (tertiary/aromatic N) is 4. The second-order valence-corrected chi connectivity index (χ2v) is 7.68. The molecule has 2 fully saturated rings. The smallest absolute Gasteiger partial charge is 0.347 e. The molecule has 26 heavy (non-hydrogen) atoms. The number of benzene rings is 1. The lowest BCUT2D eigenvalue weighted by atomic mass is 10.0. The van der Waals surface area contributed by atoms with E-state index in [-0.39, 0.29) is 10.2 Å². The number of hydrogen-bond donors (Lipinski definition) is 0. The van der Waals surface area contributed by atoms with Crippen molar-refractivity contribution in [1.82, 2.24) is 9.80 Å². The Morgan fingerprint density at radius 1 is 1.23 bits per heavy atom. The molecule has 2 aliphatic rings. The molecule has 3 rings (SSSR count). The Kier molecular flexibility index (Phi) is 5.99. The molecule has 0 aromatic heterocycles. The van der Waals surface area contributed by atoms with Crippen molar-refractivity contribution in [3.8, 4) is 5.75 Å². The van der Waals surface area contributed by atoms with Gasteiger partial charge in [-0.25, -0.2) is 0 Å². The van der Waals surface area contributed by atoms with Gasteiger partial charge in [0.05, 0.1) is 22.2 Å². The average Bonchev–Trinajstić information content (AvgIpc) is 2.64. The summed E-state index contributed by atoms with van der Waals surface area (Å²) < 4.78 is 19.7. The first-order chi connectivity index (χ1) is 12.4. The highest BCUT2D eigenvalue weighted by molar-refractivity contribution is 9.10. The predicted molar refractivity (Wildman–Crippen MR) is 102 cm³/mol. The van der Waals surface area contributed by atoms with E-state index in [0.717, 1.165) is 52.1 Å². The van der Waals surface area contributed by atoms with Crippen LogP contribution < -0.4 is 9.64 Å². The normalized spacial score (nSPS) is 20.4. The van der Waals surface area contributed by atoms with Gasteiger partial charge >= 0.3 is 5.69 Å². The van der Waals surface area contributed by atoms with Gasteiger partial charge in [-0.3, -0.25) is 15.0 Å². The van der Waals surface area contributed by atoms with Crippen molar-refractivity contribution in [2.75, 3.05) is 58.3 Å². The lowest BCUT2D eigenvalue weighted by Crippen LogP contribution is -2.52. The highest BCUT2D eigenvalue weighted by Gasteiger charge is 2.31. The molecule has 0 amide bonds. The number of nitro benzene ring substituents is 1. The summed E-state index contributed by atoms with van der Waals surface area (Å²) >= 11 is 3.20. The van der Waals surface area contributed by atoms with Crippen molar-refractivity contribution in [3.63, 3.8) is 0 Å².